The molecule has 0 saturated carbocycles. The molecule has 0 spiro atoms. The van der Waals surface area contributed by atoms with E-state index in [9.17, 15) is 0 Å². The minimum Gasteiger partial charge on any atom is -0.490 e. The van der Waals surface area contributed by atoms with E-state index in [1.165, 1.54) is 4.68 Å². The number of rotatable bonds is 7. The summed E-state index contributed by atoms with van der Waals surface area (Å²) in [7, 11) is 0. The predicted octanol–water partition coefficient (Wildman–Crippen LogP) is 4.40. The Balaban J connectivity index is 1.83. The second-order valence-electron chi connectivity index (χ2n) is 5.86. The van der Waals surface area contributed by atoms with Crippen molar-refractivity contribution in [2.24, 2.45) is 5.10 Å². The zero-order valence-corrected chi connectivity index (χ0v) is 16.8. The van der Waals surface area contributed by atoms with Crippen molar-refractivity contribution in [1.29, 1.82) is 0 Å². The van der Waals surface area contributed by atoms with Gasteiger partial charge in [-0.15, -0.1) is 0 Å². The van der Waals surface area contributed by atoms with Crippen molar-refractivity contribution in [1.82, 2.24) is 9.66 Å². The number of hydrogen-bond acceptors (Lipinski definition) is 5. The molecule has 0 saturated heterocycles. The minimum absolute atomic E-state index is 0.340. The number of hydrogen-bond donors (Lipinski definition) is 1. The largest absolute Gasteiger partial charge is 0.490 e. The van der Waals surface area contributed by atoms with Gasteiger partial charge in [-0.05, 0) is 47.5 Å². The third-order valence-corrected chi connectivity index (χ3v) is 4.44. The lowest BCUT2D eigenvalue weighted by Gasteiger charge is -2.14. The molecule has 1 aromatic heterocycles. The first-order valence-corrected chi connectivity index (χ1v) is 9.35. The van der Waals surface area contributed by atoms with E-state index < -0.39 is 0 Å². The SMILES string of the molecule is CCOc1cc(C=Nn2cc(C)nc2N)c(Br)cc1OCc1ccccc1. The number of nitrogens with two attached hydrogens (primary N) is 1. The topological polar surface area (TPSA) is 74.7 Å². The molecule has 6 nitrogen and oxygen atoms in total. The molecule has 3 aromatic rings. The van der Waals surface area contributed by atoms with E-state index >= 15 is 0 Å². The van der Waals surface area contributed by atoms with Crippen LogP contribution in [0, 0.1) is 6.92 Å². The summed E-state index contributed by atoms with van der Waals surface area (Å²) in [5.74, 6) is 1.67. The molecule has 140 valence electrons. The van der Waals surface area contributed by atoms with Crippen molar-refractivity contribution in [2.75, 3.05) is 12.3 Å². The highest BCUT2D eigenvalue weighted by molar-refractivity contribution is 9.10. The molecule has 0 atom stereocenters. The molecule has 0 fully saturated rings. The molecular weight excluding hydrogens is 408 g/mol. The Bertz CT molecular complexity index is 939. The van der Waals surface area contributed by atoms with Crippen LogP contribution in [0.1, 0.15) is 23.7 Å². The van der Waals surface area contributed by atoms with Gasteiger partial charge in [-0.2, -0.15) is 5.10 Å². The Kier molecular flexibility index (Phi) is 6.13. The summed E-state index contributed by atoms with van der Waals surface area (Å²) in [6.07, 6.45) is 3.46. The number of ether oxygens (including phenoxy) is 2. The molecule has 3 rings (SSSR count). The van der Waals surface area contributed by atoms with Crippen LogP contribution < -0.4 is 15.2 Å². The predicted molar refractivity (Wildman–Crippen MR) is 110 cm³/mol. The van der Waals surface area contributed by atoms with E-state index in [2.05, 4.69) is 26.0 Å². The Morgan fingerprint density at radius 3 is 2.59 bits per heavy atom. The lowest BCUT2D eigenvalue weighted by molar-refractivity contribution is 0.269. The van der Waals surface area contributed by atoms with Crippen molar-refractivity contribution in [3.63, 3.8) is 0 Å². The molecule has 0 radical (unpaired) electrons. The molecule has 0 unspecified atom stereocenters. The monoisotopic (exact) mass is 428 g/mol. The molecule has 7 heteroatoms. The van der Waals surface area contributed by atoms with Gasteiger partial charge >= 0.3 is 0 Å². The molecule has 0 bridgehead atoms. The van der Waals surface area contributed by atoms with Gasteiger partial charge in [-0.25, -0.2) is 9.66 Å². The van der Waals surface area contributed by atoms with E-state index in [1.54, 1.807) is 12.4 Å². The van der Waals surface area contributed by atoms with Gasteiger partial charge in [0, 0.05) is 10.0 Å². The lowest BCUT2D eigenvalue weighted by Crippen LogP contribution is -2.02. The van der Waals surface area contributed by atoms with Crippen LogP contribution in [0.5, 0.6) is 11.5 Å². The van der Waals surface area contributed by atoms with Gasteiger partial charge in [0.15, 0.2) is 11.5 Å². The van der Waals surface area contributed by atoms with Gasteiger partial charge < -0.3 is 15.2 Å². The van der Waals surface area contributed by atoms with Crippen molar-refractivity contribution in [3.05, 3.63) is 70.0 Å². The van der Waals surface area contributed by atoms with Crippen LogP contribution >= 0.6 is 15.9 Å². The fraction of sp³-hybridized carbons (Fsp3) is 0.200. The van der Waals surface area contributed by atoms with Crippen LogP contribution in [-0.4, -0.2) is 22.5 Å². The van der Waals surface area contributed by atoms with Crippen molar-refractivity contribution in [2.45, 2.75) is 20.5 Å². The second kappa shape index (κ2) is 8.73. The highest BCUT2D eigenvalue weighted by atomic mass is 79.9. The Morgan fingerprint density at radius 2 is 1.93 bits per heavy atom. The Hall–Kier alpha value is -2.80. The smallest absolute Gasteiger partial charge is 0.221 e. The average Bonchev–Trinajstić information content (AvgIpc) is 2.98. The maximum Gasteiger partial charge on any atom is 0.221 e. The second-order valence-corrected chi connectivity index (χ2v) is 6.71. The molecule has 0 amide bonds. The Morgan fingerprint density at radius 1 is 1.19 bits per heavy atom. The number of halogens is 1. The van der Waals surface area contributed by atoms with Crippen LogP contribution in [0.25, 0.3) is 0 Å². The first-order valence-electron chi connectivity index (χ1n) is 8.55. The summed E-state index contributed by atoms with van der Waals surface area (Å²) in [4.78, 5) is 4.13. The molecule has 0 aliphatic carbocycles. The van der Waals surface area contributed by atoms with Crippen molar-refractivity contribution >= 4 is 28.1 Å². The number of nitrogens with zero attached hydrogens (tertiary/aromatic N) is 3. The van der Waals surface area contributed by atoms with Crippen molar-refractivity contribution < 1.29 is 9.47 Å². The zero-order chi connectivity index (χ0) is 19.2. The number of aromatic nitrogens is 2. The summed E-state index contributed by atoms with van der Waals surface area (Å²) >= 11 is 3.57. The molecular formula is C20H21BrN4O2. The van der Waals surface area contributed by atoms with Crippen LogP contribution in [0.2, 0.25) is 0 Å². The minimum atomic E-state index is 0.340. The molecule has 0 aliphatic rings. The number of anilines is 1. The van der Waals surface area contributed by atoms with Gasteiger partial charge in [0.1, 0.15) is 6.61 Å². The fourth-order valence-corrected chi connectivity index (χ4v) is 2.91. The van der Waals surface area contributed by atoms with Crippen LogP contribution in [0.3, 0.4) is 0 Å². The number of imidazole rings is 1. The summed E-state index contributed by atoms with van der Waals surface area (Å²) in [5, 5.41) is 4.36. The zero-order valence-electron chi connectivity index (χ0n) is 15.2. The van der Waals surface area contributed by atoms with Gasteiger partial charge in [0.05, 0.1) is 24.7 Å². The summed E-state index contributed by atoms with van der Waals surface area (Å²) in [5.41, 5.74) is 8.56. The molecule has 2 N–H and O–H groups in total. The Labute approximate surface area is 166 Å². The van der Waals surface area contributed by atoms with E-state index in [0.29, 0.717) is 30.7 Å². The third kappa shape index (κ3) is 4.89. The molecule has 27 heavy (non-hydrogen) atoms. The maximum absolute atomic E-state index is 5.96. The normalized spacial score (nSPS) is 11.1. The third-order valence-electron chi connectivity index (χ3n) is 3.76. The van der Waals surface area contributed by atoms with E-state index in [-0.39, 0.29) is 0 Å². The lowest BCUT2D eigenvalue weighted by atomic mass is 10.2. The molecule has 0 aliphatic heterocycles. The van der Waals surface area contributed by atoms with E-state index in [0.717, 1.165) is 21.3 Å². The summed E-state index contributed by atoms with van der Waals surface area (Å²) in [6, 6.07) is 13.8. The van der Waals surface area contributed by atoms with Crippen LogP contribution in [0.4, 0.5) is 5.95 Å². The fourth-order valence-electron chi connectivity index (χ4n) is 2.49. The number of nitrogen functional groups attached to an aromatic ring is 1. The highest BCUT2D eigenvalue weighted by Gasteiger charge is 2.11. The average molecular weight is 429 g/mol. The van der Waals surface area contributed by atoms with Gasteiger partial charge in [-0.1, -0.05) is 30.3 Å². The van der Waals surface area contributed by atoms with E-state index in [4.69, 9.17) is 15.2 Å². The highest BCUT2D eigenvalue weighted by Crippen LogP contribution is 2.34. The first kappa shape index (κ1) is 19.0. The number of benzene rings is 2. The van der Waals surface area contributed by atoms with E-state index in [1.807, 2.05) is 56.3 Å². The van der Waals surface area contributed by atoms with Gasteiger partial charge in [-0.3, -0.25) is 0 Å². The number of aryl methyl sites for hydroxylation is 1. The molecule has 2 aromatic carbocycles. The van der Waals surface area contributed by atoms with Gasteiger partial charge in [0.2, 0.25) is 5.95 Å². The quantitative estimate of drug-likeness (QED) is 0.565. The van der Waals surface area contributed by atoms with Crippen molar-refractivity contribution in [3.8, 4) is 11.5 Å². The molecule has 1 heterocycles. The maximum atomic E-state index is 5.96. The summed E-state index contributed by atoms with van der Waals surface area (Å²) < 4.78 is 14.1. The first-order chi connectivity index (χ1) is 13.1. The van der Waals surface area contributed by atoms with Gasteiger partial charge in [0.25, 0.3) is 0 Å². The van der Waals surface area contributed by atoms with Crippen LogP contribution in [0.15, 0.2) is 58.2 Å². The summed E-state index contributed by atoms with van der Waals surface area (Å²) in [6.45, 7) is 4.80. The standard InChI is InChI=1S/C20H21BrN4O2/c1-3-26-18-9-16(11-23-25-12-14(2)24-20(25)22)17(21)10-19(18)27-13-15-7-5-4-6-8-15/h4-12H,3,13H2,1-2H3,(H2,22,24). The van der Waals surface area contributed by atoms with Crippen LogP contribution in [-0.2, 0) is 6.61 Å².